The maximum absolute atomic E-state index is 13.0. The van der Waals surface area contributed by atoms with Crippen LogP contribution < -0.4 is 10.6 Å². The molecule has 0 aliphatic heterocycles. The van der Waals surface area contributed by atoms with E-state index in [1.54, 1.807) is 24.7 Å². The van der Waals surface area contributed by atoms with Crippen LogP contribution in [0.1, 0.15) is 11.3 Å². The van der Waals surface area contributed by atoms with E-state index in [0.29, 0.717) is 35.8 Å². The molecule has 2 heterocycles. The van der Waals surface area contributed by atoms with Crippen molar-refractivity contribution in [3.63, 3.8) is 0 Å². The molecule has 0 aliphatic rings. The fourth-order valence-corrected chi connectivity index (χ4v) is 2.91. The van der Waals surface area contributed by atoms with Gasteiger partial charge in [0.05, 0.1) is 12.0 Å². The van der Waals surface area contributed by atoms with Crippen molar-refractivity contribution in [2.24, 2.45) is 0 Å². The lowest BCUT2D eigenvalue weighted by Gasteiger charge is -2.08. The van der Waals surface area contributed by atoms with E-state index in [1.807, 2.05) is 35.0 Å². The predicted molar refractivity (Wildman–Crippen MR) is 110 cm³/mol. The molecule has 8 heteroatoms. The van der Waals surface area contributed by atoms with Crippen molar-refractivity contribution in [3.8, 4) is 11.5 Å². The van der Waals surface area contributed by atoms with Gasteiger partial charge in [-0.25, -0.2) is 19.2 Å². The van der Waals surface area contributed by atoms with Gasteiger partial charge in [0.1, 0.15) is 12.1 Å². The highest BCUT2D eigenvalue weighted by Gasteiger charge is 2.08. The van der Waals surface area contributed by atoms with E-state index >= 15 is 0 Å². The third-order valence-corrected chi connectivity index (χ3v) is 4.45. The zero-order valence-corrected chi connectivity index (χ0v) is 16.1. The SMILES string of the molecule is O=C(NCCc1coc(-c2ccc(F)cc2)n1)Nc1ccc(Cn2ccnc2)cc1. The lowest BCUT2D eigenvalue weighted by Crippen LogP contribution is -2.30. The molecule has 0 radical (unpaired) electrons. The summed E-state index contributed by atoms with van der Waals surface area (Å²) in [5.74, 6) is 0.110. The minimum Gasteiger partial charge on any atom is -0.444 e. The van der Waals surface area contributed by atoms with Gasteiger partial charge in [0.2, 0.25) is 5.89 Å². The van der Waals surface area contributed by atoms with Gasteiger partial charge in [-0.3, -0.25) is 0 Å². The fourth-order valence-electron chi connectivity index (χ4n) is 2.91. The maximum Gasteiger partial charge on any atom is 0.319 e. The monoisotopic (exact) mass is 405 g/mol. The minimum atomic E-state index is -0.311. The molecule has 4 rings (SSSR count). The lowest BCUT2D eigenvalue weighted by molar-refractivity contribution is 0.252. The molecule has 2 aromatic heterocycles. The number of halogens is 1. The molecule has 0 fully saturated rings. The summed E-state index contributed by atoms with van der Waals surface area (Å²) in [4.78, 5) is 20.5. The average Bonchev–Trinajstić information content (AvgIpc) is 3.42. The van der Waals surface area contributed by atoms with Crippen molar-refractivity contribution >= 4 is 11.7 Å². The molecular weight excluding hydrogens is 385 g/mol. The summed E-state index contributed by atoms with van der Waals surface area (Å²) in [6, 6.07) is 13.3. The van der Waals surface area contributed by atoms with Crippen LogP contribution in [-0.4, -0.2) is 27.1 Å². The molecule has 0 aliphatic carbocycles. The summed E-state index contributed by atoms with van der Waals surface area (Å²) in [5.41, 5.74) is 3.23. The van der Waals surface area contributed by atoms with Crippen LogP contribution in [0.3, 0.4) is 0 Å². The molecule has 0 saturated carbocycles. The highest BCUT2D eigenvalue weighted by atomic mass is 19.1. The van der Waals surface area contributed by atoms with Crippen molar-refractivity contribution in [1.29, 1.82) is 0 Å². The molecule has 2 amide bonds. The van der Waals surface area contributed by atoms with Crippen LogP contribution in [0.4, 0.5) is 14.9 Å². The number of aromatic nitrogens is 3. The smallest absolute Gasteiger partial charge is 0.319 e. The second kappa shape index (κ2) is 9.04. The van der Waals surface area contributed by atoms with E-state index in [0.717, 1.165) is 12.1 Å². The number of carbonyl (C=O) groups excluding carboxylic acids is 1. The Labute approximate surface area is 172 Å². The minimum absolute atomic E-state index is 0.292. The maximum atomic E-state index is 13.0. The molecule has 0 saturated heterocycles. The molecule has 2 N–H and O–H groups in total. The summed E-state index contributed by atoms with van der Waals surface area (Å²) >= 11 is 0. The predicted octanol–water partition coefficient (Wildman–Crippen LogP) is 4.09. The molecule has 0 bridgehead atoms. The van der Waals surface area contributed by atoms with E-state index in [9.17, 15) is 9.18 Å². The molecular formula is C22H20FN5O2. The molecule has 0 spiro atoms. The highest BCUT2D eigenvalue weighted by Crippen LogP contribution is 2.19. The second-order valence-corrected chi connectivity index (χ2v) is 6.71. The number of urea groups is 1. The van der Waals surface area contributed by atoms with Gasteiger partial charge in [0.25, 0.3) is 0 Å². The Balaban J connectivity index is 1.23. The van der Waals surface area contributed by atoms with Gasteiger partial charge in [0, 0.05) is 43.2 Å². The number of anilines is 1. The summed E-state index contributed by atoms with van der Waals surface area (Å²) in [6.45, 7) is 1.13. The standard InChI is InChI=1S/C22H20FN5O2/c23-18-5-3-17(4-6-18)21-26-20(14-30-21)9-10-25-22(29)27-19-7-1-16(2-8-19)13-28-12-11-24-15-28/h1-8,11-12,14-15H,9-10,13H2,(H2,25,27,29). The molecule has 0 atom stereocenters. The number of nitrogens with one attached hydrogen (secondary N) is 2. The Morgan fingerprint density at radius 1 is 1.10 bits per heavy atom. The summed E-state index contributed by atoms with van der Waals surface area (Å²) in [6.07, 6.45) is 7.45. The van der Waals surface area contributed by atoms with Gasteiger partial charge in [-0.2, -0.15) is 0 Å². The van der Waals surface area contributed by atoms with Gasteiger partial charge in [-0.05, 0) is 42.0 Å². The Morgan fingerprint density at radius 3 is 2.63 bits per heavy atom. The number of rotatable bonds is 7. The first-order valence-corrected chi connectivity index (χ1v) is 9.45. The quantitative estimate of drug-likeness (QED) is 0.485. The molecule has 4 aromatic rings. The topological polar surface area (TPSA) is 85.0 Å². The molecule has 7 nitrogen and oxygen atoms in total. The van der Waals surface area contributed by atoms with Crippen LogP contribution in [0.15, 0.2) is 77.9 Å². The van der Waals surface area contributed by atoms with Gasteiger partial charge in [0.15, 0.2) is 0 Å². The number of amides is 2. The number of hydrogen-bond acceptors (Lipinski definition) is 4. The van der Waals surface area contributed by atoms with Crippen molar-refractivity contribution in [2.75, 3.05) is 11.9 Å². The van der Waals surface area contributed by atoms with Crippen LogP contribution in [0, 0.1) is 5.82 Å². The third-order valence-electron chi connectivity index (χ3n) is 4.45. The number of imidazole rings is 1. The summed E-state index contributed by atoms with van der Waals surface area (Å²) < 4.78 is 20.4. The number of nitrogens with zero attached hydrogens (tertiary/aromatic N) is 3. The van der Waals surface area contributed by atoms with E-state index in [-0.39, 0.29) is 11.8 Å². The third kappa shape index (κ3) is 5.11. The van der Waals surface area contributed by atoms with Crippen LogP contribution in [-0.2, 0) is 13.0 Å². The average molecular weight is 405 g/mol. The van der Waals surface area contributed by atoms with Crippen molar-refractivity contribution in [2.45, 2.75) is 13.0 Å². The first kappa shape index (κ1) is 19.4. The second-order valence-electron chi connectivity index (χ2n) is 6.71. The first-order chi connectivity index (χ1) is 14.7. The largest absolute Gasteiger partial charge is 0.444 e. The lowest BCUT2D eigenvalue weighted by atomic mass is 10.2. The van der Waals surface area contributed by atoms with Gasteiger partial charge in [-0.1, -0.05) is 12.1 Å². The molecule has 0 unspecified atom stereocenters. The summed E-state index contributed by atoms with van der Waals surface area (Å²) in [5, 5.41) is 5.60. The molecule has 152 valence electrons. The van der Waals surface area contributed by atoms with Crippen molar-refractivity contribution in [3.05, 3.63) is 90.6 Å². The Morgan fingerprint density at radius 2 is 1.90 bits per heavy atom. The van der Waals surface area contributed by atoms with E-state index < -0.39 is 0 Å². The van der Waals surface area contributed by atoms with E-state index in [1.165, 1.54) is 18.4 Å². The Kier molecular flexibility index (Phi) is 5.84. The molecule has 30 heavy (non-hydrogen) atoms. The Bertz CT molecular complexity index is 1090. The number of carbonyl (C=O) groups is 1. The summed E-state index contributed by atoms with van der Waals surface area (Å²) in [7, 11) is 0. The number of hydrogen-bond donors (Lipinski definition) is 2. The number of benzene rings is 2. The first-order valence-electron chi connectivity index (χ1n) is 9.45. The zero-order valence-electron chi connectivity index (χ0n) is 16.1. The van der Waals surface area contributed by atoms with E-state index in [4.69, 9.17) is 4.42 Å². The number of oxazole rings is 1. The van der Waals surface area contributed by atoms with Crippen LogP contribution in [0.5, 0.6) is 0 Å². The zero-order chi connectivity index (χ0) is 20.8. The fraction of sp³-hybridized carbons (Fsp3) is 0.136. The van der Waals surface area contributed by atoms with Gasteiger partial charge >= 0.3 is 6.03 Å². The normalized spacial score (nSPS) is 10.7. The van der Waals surface area contributed by atoms with Gasteiger partial charge in [-0.15, -0.1) is 0 Å². The van der Waals surface area contributed by atoms with Crippen LogP contribution >= 0.6 is 0 Å². The van der Waals surface area contributed by atoms with Crippen molar-refractivity contribution in [1.82, 2.24) is 19.9 Å². The highest BCUT2D eigenvalue weighted by molar-refractivity contribution is 5.89. The molecule has 2 aromatic carbocycles. The van der Waals surface area contributed by atoms with Gasteiger partial charge < -0.3 is 19.6 Å². The Hall–Kier alpha value is -3.94. The van der Waals surface area contributed by atoms with Crippen LogP contribution in [0.2, 0.25) is 0 Å². The van der Waals surface area contributed by atoms with E-state index in [2.05, 4.69) is 20.6 Å². The van der Waals surface area contributed by atoms with Crippen molar-refractivity contribution < 1.29 is 13.6 Å². The van der Waals surface area contributed by atoms with Crippen LogP contribution in [0.25, 0.3) is 11.5 Å².